The second kappa shape index (κ2) is 2.22. The third-order valence-corrected chi connectivity index (χ3v) is 2.53. The third-order valence-electron chi connectivity index (χ3n) is 2.53. The van der Waals surface area contributed by atoms with E-state index in [2.05, 4.69) is 11.9 Å². The minimum atomic E-state index is 1.02. The van der Waals surface area contributed by atoms with Crippen LogP contribution in [0.3, 0.4) is 0 Å². The lowest BCUT2D eigenvalue weighted by atomic mass is 9.91. The largest absolute Gasteiger partial charge is 0.285 e. The van der Waals surface area contributed by atoms with Gasteiger partial charge in [0.25, 0.3) is 0 Å². The van der Waals surface area contributed by atoms with E-state index in [1.807, 2.05) is 0 Å². The molecule has 0 radical (unpaired) electrons. The quantitative estimate of drug-likeness (QED) is 0.483. The SMILES string of the molecule is CC1=NCC2=C1CCCC2. The van der Waals surface area contributed by atoms with Crippen molar-refractivity contribution in [2.45, 2.75) is 32.6 Å². The monoisotopic (exact) mass is 135 g/mol. The van der Waals surface area contributed by atoms with Gasteiger partial charge in [0.05, 0.1) is 6.54 Å². The molecule has 0 spiro atoms. The first-order valence-electron chi connectivity index (χ1n) is 4.10. The molecular formula is C9H13N. The average Bonchev–Trinajstić information content (AvgIpc) is 2.34. The van der Waals surface area contributed by atoms with Gasteiger partial charge in [-0.2, -0.15) is 0 Å². The highest BCUT2D eigenvalue weighted by molar-refractivity contribution is 6.01. The summed E-state index contributed by atoms with van der Waals surface area (Å²) in [5.74, 6) is 0. The molecule has 0 fully saturated rings. The molecule has 54 valence electrons. The molecule has 1 heteroatoms. The summed E-state index contributed by atoms with van der Waals surface area (Å²) in [6, 6.07) is 0. The van der Waals surface area contributed by atoms with Crippen LogP contribution in [0, 0.1) is 0 Å². The highest BCUT2D eigenvalue weighted by Gasteiger charge is 2.18. The fourth-order valence-electron chi connectivity index (χ4n) is 1.89. The Morgan fingerprint density at radius 1 is 1.20 bits per heavy atom. The van der Waals surface area contributed by atoms with Gasteiger partial charge < -0.3 is 0 Å². The van der Waals surface area contributed by atoms with Gasteiger partial charge in [-0.1, -0.05) is 0 Å². The van der Waals surface area contributed by atoms with Crippen molar-refractivity contribution in [3.63, 3.8) is 0 Å². The van der Waals surface area contributed by atoms with Gasteiger partial charge in [0, 0.05) is 5.71 Å². The van der Waals surface area contributed by atoms with Gasteiger partial charge in [-0.3, -0.25) is 4.99 Å². The zero-order chi connectivity index (χ0) is 6.97. The fraction of sp³-hybridized carbons (Fsp3) is 0.667. The number of aliphatic imine (C=N–C) groups is 1. The van der Waals surface area contributed by atoms with Crippen molar-refractivity contribution in [2.75, 3.05) is 6.54 Å². The molecule has 10 heavy (non-hydrogen) atoms. The van der Waals surface area contributed by atoms with Crippen LogP contribution in [0.15, 0.2) is 16.1 Å². The van der Waals surface area contributed by atoms with Gasteiger partial charge in [0.15, 0.2) is 0 Å². The van der Waals surface area contributed by atoms with Crippen molar-refractivity contribution in [3.05, 3.63) is 11.1 Å². The van der Waals surface area contributed by atoms with E-state index < -0.39 is 0 Å². The molecule has 1 nitrogen and oxygen atoms in total. The maximum atomic E-state index is 4.42. The molecule has 0 aromatic carbocycles. The van der Waals surface area contributed by atoms with E-state index in [9.17, 15) is 0 Å². The Kier molecular flexibility index (Phi) is 1.37. The molecule has 2 rings (SSSR count). The van der Waals surface area contributed by atoms with Crippen LogP contribution in [0.5, 0.6) is 0 Å². The molecule has 0 unspecified atom stereocenters. The Balaban J connectivity index is 2.28. The Morgan fingerprint density at radius 2 is 2.00 bits per heavy atom. The van der Waals surface area contributed by atoms with E-state index in [0.717, 1.165) is 6.54 Å². The van der Waals surface area contributed by atoms with E-state index >= 15 is 0 Å². The fourth-order valence-corrected chi connectivity index (χ4v) is 1.89. The standard InChI is InChI=1S/C9H13N/c1-7-9-5-3-2-4-8(9)6-10-7/h2-6H2,1H3. The summed E-state index contributed by atoms with van der Waals surface area (Å²) in [6.07, 6.45) is 5.38. The molecule has 1 heterocycles. The zero-order valence-corrected chi connectivity index (χ0v) is 6.48. The summed E-state index contributed by atoms with van der Waals surface area (Å²) in [5, 5.41) is 0. The Labute approximate surface area is 61.9 Å². The average molecular weight is 135 g/mol. The van der Waals surface area contributed by atoms with E-state index in [0.29, 0.717) is 0 Å². The van der Waals surface area contributed by atoms with Gasteiger partial charge in [0.1, 0.15) is 0 Å². The van der Waals surface area contributed by atoms with Crippen LogP contribution in [-0.2, 0) is 0 Å². The van der Waals surface area contributed by atoms with Gasteiger partial charge in [-0.25, -0.2) is 0 Å². The van der Waals surface area contributed by atoms with Crippen LogP contribution < -0.4 is 0 Å². The Morgan fingerprint density at radius 3 is 2.80 bits per heavy atom. The van der Waals surface area contributed by atoms with Gasteiger partial charge in [-0.05, 0) is 43.8 Å². The predicted molar refractivity (Wildman–Crippen MR) is 43.5 cm³/mol. The lowest BCUT2D eigenvalue weighted by molar-refractivity contribution is 0.687. The Hall–Kier alpha value is -0.590. The molecular weight excluding hydrogens is 122 g/mol. The van der Waals surface area contributed by atoms with Crippen molar-refractivity contribution in [3.8, 4) is 0 Å². The molecule has 0 bridgehead atoms. The number of rotatable bonds is 0. The topological polar surface area (TPSA) is 12.4 Å². The molecule has 0 aromatic heterocycles. The van der Waals surface area contributed by atoms with E-state index in [1.54, 1.807) is 11.1 Å². The van der Waals surface area contributed by atoms with Crippen molar-refractivity contribution in [1.82, 2.24) is 0 Å². The van der Waals surface area contributed by atoms with E-state index in [4.69, 9.17) is 0 Å². The van der Waals surface area contributed by atoms with Crippen LogP contribution >= 0.6 is 0 Å². The van der Waals surface area contributed by atoms with E-state index in [1.165, 1.54) is 31.4 Å². The maximum absolute atomic E-state index is 4.42. The molecule has 0 saturated carbocycles. The second-order valence-electron chi connectivity index (χ2n) is 3.19. The smallest absolute Gasteiger partial charge is 0.0609 e. The van der Waals surface area contributed by atoms with Gasteiger partial charge in [-0.15, -0.1) is 0 Å². The first-order valence-corrected chi connectivity index (χ1v) is 4.10. The molecule has 1 aliphatic heterocycles. The number of nitrogens with zero attached hydrogens (tertiary/aromatic N) is 1. The summed E-state index contributed by atoms with van der Waals surface area (Å²) < 4.78 is 0. The van der Waals surface area contributed by atoms with Crippen LogP contribution in [0.4, 0.5) is 0 Å². The van der Waals surface area contributed by atoms with Crippen LogP contribution in [-0.4, -0.2) is 12.3 Å². The van der Waals surface area contributed by atoms with Crippen molar-refractivity contribution in [2.24, 2.45) is 4.99 Å². The molecule has 0 atom stereocenters. The number of hydrogen-bond acceptors (Lipinski definition) is 1. The van der Waals surface area contributed by atoms with Crippen LogP contribution in [0.2, 0.25) is 0 Å². The summed E-state index contributed by atoms with van der Waals surface area (Å²) in [4.78, 5) is 4.42. The summed E-state index contributed by atoms with van der Waals surface area (Å²) in [7, 11) is 0. The number of hydrogen-bond donors (Lipinski definition) is 0. The van der Waals surface area contributed by atoms with Crippen molar-refractivity contribution >= 4 is 5.71 Å². The van der Waals surface area contributed by atoms with Gasteiger partial charge >= 0.3 is 0 Å². The molecule has 0 N–H and O–H groups in total. The first kappa shape index (κ1) is 6.14. The predicted octanol–water partition coefficient (Wildman–Crippen LogP) is 2.33. The lowest BCUT2D eigenvalue weighted by Gasteiger charge is -2.12. The summed E-state index contributed by atoms with van der Waals surface area (Å²) in [5.41, 5.74) is 4.53. The molecule has 0 aromatic rings. The normalized spacial score (nSPS) is 24.7. The summed E-state index contributed by atoms with van der Waals surface area (Å²) >= 11 is 0. The van der Waals surface area contributed by atoms with Gasteiger partial charge in [0.2, 0.25) is 0 Å². The maximum Gasteiger partial charge on any atom is 0.0609 e. The molecule has 1 aliphatic carbocycles. The van der Waals surface area contributed by atoms with Crippen molar-refractivity contribution < 1.29 is 0 Å². The highest BCUT2D eigenvalue weighted by Crippen LogP contribution is 2.29. The third kappa shape index (κ3) is 0.808. The minimum Gasteiger partial charge on any atom is -0.285 e. The Bertz CT molecular complexity index is 211. The first-order chi connectivity index (χ1) is 4.88. The molecule has 0 amide bonds. The van der Waals surface area contributed by atoms with E-state index in [-0.39, 0.29) is 0 Å². The lowest BCUT2D eigenvalue weighted by Crippen LogP contribution is -2.01. The second-order valence-corrected chi connectivity index (χ2v) is 3.19. The van der Waals surface area contributed by atoms with Crippen molar-refractivity contribution in [1.29, 1.82) is 0 Å². The highest BCUT2D eigenvalue weighted by atomic mass is 14.8. The molecule has 2 aliphatic rings. The number of allylic oxidation sites excluding steroid dienone is 1. The van der Waals surface area contributed by atoms with Crippen LogP contribution in [0.25, 0.3) is 0 Å². The molecule has 0 saturated heterocycles. The van der Waals surface area contributed by atoms with Crippen LogP contribution in [0.1, 0.15) is 32.6 Å². The summed E-state index contributed by atoms with van der Waals surface area (Å²) in [6.45, 7) is 3.16. The minimum absolute atomic E-state index is 1.02. The zero-order valence-electron chi connectivity index (χ0n) is 6.48.